The van der Waals surface area contributed by atoms with Crippen molar-refractivity contribution in [2.24, 2.45) is 0 Å². The lowest BCUT2D eigenvalue weighted by atomic mass is 10.5. The predicted octanol–water partition coefficient (Wildman–Crippen LogP) is 0.941. The van der Waals surface area contributed by atoms with Crippen molar-refractivity contribution in [3.8, 4) is 0 Å². The second-order valence-electron chi connectivity index (χ2n) is 3.04. The Labute approximate surface area is 93.9 Å². The Hall–Kier alpha value is 0.130. The second kappa shape index (κ2) is 7.43. The first-order valence-corrected chi connectivity index (χ1v) is 7.07. The van der Waals surface area contributed by atoms with Crippen molar-refractivity contribution in [3.63, 3.8) is 0 Å². The fourth-order valence-corrected chi connectivity index (χ4v) is 2.89. The van der Waals surface area contributed by atoms with Crippen LogP contribution in [0.15, 0.2) is 0 Å². The summed E-state index contributed by atoms with van der Waals surface area (Å²) in [4.78, 5) is 13.6. The number of thioether (sulfide) groups is 2. The van der Waals surface area contributed by atoms with E-state index in [0.29, 0.717) is 5.75 Å². The Bertz CT molecular complexity index is 172. The summed E-state index contributed by atoms with van der Waals surface area (Å²) in [6.07, 6.45) is 0. The summed E-state index contributed by atoms with van der Waals surface area (Å²) in [5.74, 6) is 3.98. The number of hydrogen-bond acceptors (Lipinski definition) is 4. The van der Waals surface area contributed by atoms with Crippen molar-refractivity contribution in [2.45, 2.75) is 0 Å². The van der Waals surface area contributed by atoms with E-state index in [4.69, 9.17) is 4.74 Å². The molecule has 3 nitrogen and oxygen atoms in total. The van der Waals surface area contributed by atoms with Gasteiger partial charge in [0.15, 0.2) is 0 Å². The first kappa shape index (κ1) is 12.2. The van der Waals surface area contributed by atoms with Gasteiger partial charge in [-0.2, -0.15) is 11.8 Å². The van der Waals surface area contributed by atoms with Crippen LogP contribution in [0.4, 0.5) is 0 Å². The quantitative estimate of drug-likeness (QED) is 0.663. The minimum atomic E-state index is 0.284. The van der Waals surface area contributed by atoms with Gasteiger partial charge in [0.05, 0.1) is 12.4 Å². The van der Waals surface area contributed by atoms with E-state index in [1.165, 1.54) is 0 Å². The molecule has 0 aliphatic carbocycles. The fraction of sp³-hybridized carbons (Fsp3) is 0.889. The number of amides is 1. The first-order chi connectivity index (χ1) is 6.84. The van der Waals surface area contributed by atoms with Gasteiger partial charge in [0.25, 0.3) is 0 Å². The van der Waals surface area contributed by atoms with Gasteiger partial charge >= 0.3 is 0 Å². The Kier molecular flexibility index (Phi) is 6.47. The lowest BCUT2D eigenvalue weighted by molar-refractivity contribution is -0.127. The van der Waals surface area contributed by atoms with E-state index in [1.54, 1.807) is 18.9 Å². The van der Waals surface area contributed by atoms with Gasteiger partial charge in [-0.25, -0.2) is 0 Å². The van der Waals surface area contributed by atoms with Crippen LogP contribution in [0.1, 0.15) is 0 Å². The van der Waals surface area contributed by atoms with Crippen LogP contribution >= 0.6 is 23.5 Å². The summed E-state index contributed by atoms with van der Waals surface area (Å²) < 4.78 is 4.92. The Morgan fingerprint density at radius 2 is 2.21 bits per heavy atom. The lowest BCUT2D eigenvalue weighted by Crippen LogP contribution is -2.39. The van der Waals surface area contributed by atoms with Gasteiger partial charge in [0, 0.05) is 37.5 Å². The summed E-state index contributed by atoms with van der Waals surface area (Å²) in [5.41, 5.74) is 0. The van der Waals surface area contributed by atoms with Crippen LogP contribution in [0, 0.1) is 0 Å². The molecule has 1 rings (SSSR count). The highest BCUT2D eigenvalue weighted by atomic mass is 32.2. The molecule has 1 fully saturated rings. The molecular formula is C9H17NO2S2. The zero-order valence-electron chi connectivity index (χ0n) is 8.53. The molecule has 0 spiro atoms. The van der Waals surface area contributed by atoms with Gasteiger partial charge < -0.3 is 9.64 Å². The molecule has 0 atom stereocenters. The number of carbonyl (C=O) groups is 1. The number of nitrogens with zero attached hydrogens (tertiary/aromatic N) is 1. The number of carbonyl (C=O) groups excluding carboxylic acids is 1. The molecule has 5 heteroatoms. The standard InChI is InChI=1S/C9H17NO2S2/c1-12-4-7-14-8-9(11)10-2-5-13-6-3-10/h2-8H2,1H3. The third-order valence-electron chi connectivity index (χ3n) is 2.02. The molecule has 82 valence electrons. The summed E-state index contributed by atoms with van der Waals surface area (Å²) >= 11 is 3.58. The van der Waals surface area contributed by atoms with E-state index in [9.17, 15) is 4.79 Å². The average molecular weight is 235 g/mol. The SMILES string of the molecule is COCCSCC(=O)N1CCSCC1. The van der Waals surface area contributed by atoms with Crippen molar-refractivity contribution < 1.29 is 9.53 Å². The van der Waals surface area contributed by atoms with Crippen LogP contribution < -0.4 is 0 Å². The van der Waals surface area contributed by atoms with Gasteiger partial charge in [-0.3, -0.25) is 4.79 Å². The van der Waals surface area contributed by atoms with Gasteiger partial charge in [-0.1, -0.05) is 0 Å². The monoisotopic (exact) mass is 235 g/mol. The maximum Gasteiger partial charge on any atom is 0.232 e. The molecule has 1 aliphatic heterocycles. The third kappa shape index (κ3) is 4.57. The summed E-state index contributed by atoms with van der Waals surface area (Å²) in [5, 5.41) is 0. The second-order valence-corrected chi connectivity index (χ2v) is 5.37. The zero-order chi connectivity index (χ0) is 10.2. The van der Waals surface area contributed by atoms with Crippen molar-refractivity contribution in [1.82, 2.24) is 4.90 Å². The normalized spacial score (nSPS) is 17.1. The van der Waals surface area contributed by atoms with Crippen LogP contribution in [-0.2, 0) is 9.53 Å². The molecule has 0 N–H and O–H groups in total. The van der Waals surface area contributed by atoms with Gasteiger partial charge in [-0.05, 0) is 0 Å². The molecule has 1 aliphatic rings. The topological polar surface area (TPSA) is 29.5 Å². The van der Waals surface area contributed by atoms with E-state index < -0.39 is 0 Å². The molecule has 0 aromatic heterocycles. The molecule has 0 saturated carbocycles. The molecule has 0 aromatic carbocycles. The van der Waals surface area contributed by atoms with E-state index in [-0.39, 0.29) is 5.91 Å². The Morgan fingerprint density at radius 3 is 2.86 bits per heavy atom. The van der Waals surface area contributed by atoms with Gasteiger partial charge in [0.2, 0.25) is 5.91 Å². The molecule has 14 heavy (non-hydrogen) atoms. The van der Waals surface area contributed by atoms with Crippen LogP contribution in [0.2, 0.25) is 0 Å². The van der Waals surface area contributed by atoms with Crippen LogP contribution in [0.3, 0.4) is 0 Å². The number of ether oxygens (including phenoxy) is 1. The summed E-state index contributed by atoms with van der Waals surface area (Å²) in [7, 11) is 1.68. The molecular weight excluding hydrogens is 218 g/mol. The van der Waals surface area contributed by atoms with Crippen molar-refractivity contribution in [1.29, 1.82) is 0 Å². The number of methoxy groups -OCH3 is 1. The van der Waals surface area contributed by atoms with Crippen LogP contribution in [-0.4, -0.2) is 60.6 Å². The zero-order valence-corrected chi connectivity index (χ0v) is 10.2. The Morgan fingerprint density at radius 1 is 1.50 bits per heavy atom. The fourth-order valence-electron chi connectivity index (χ4n) is 1.21. The molecule has 1 heterocycles. The van der Waals surface area contributed by atoms with Crippen LogP contribution in [0.5, 0.6) is 0 Å². The van der Waals surface area contributed by atoms with Crippen molar-refractivity contribution in [2.75, 3.05) is 49.8 Å². The van der Waals surface area contributed by atoms with Gasteiger partial charge in [-0.15, -0.1) is 11.8 Å². The molecule has 0 radical (unpaired) electrons. The smallest absolute Gasteiger partial charge is 0.232 e. The third-order valence-corrected chi connectivity index (χ3v) is 3.87. The highest BCUT2D eigenvalue weighted by Gasteiger charge is 2.15. The van der Waals surface area contributed by atoms with Gasteiger partial charge in [0.1, 0.15) is 0 Å². The molecule has 0 aromatic rings. The molecule has 0 unspecified atom stereocenters. The predicted molar refractivity (Wildman–Crippen MR) is 63.1 cm³/mol. The molecule has 1 saturated heterocycles. The minimum absolute atomic E-state index is 0.284. The van der Waals surface area contributed by atoms with Crippen molar-refractivity contribution in [3.05, 3.63) is 0 Å². The summed E-state index contributed by atoms with van der Waals surface area (Å²) in [6, 6.07) is 0. The Balaban J connectivity index is 2.07. The average Bonchev–Trinajstić information content (AvgIpc) is 2.25. The maximum atomic E-state index is 11.6. The molecule has 0 bridgehead atoms. The van der Waals surface area contributed by atoms with E-state index in [1.807, 2.05) is 16.7 Å². The summed E-state index contributed by atoms with van der Waals surface area (Å²) in [6.45, 7) is 2.58. The van der Waals surface area contributed by atoms with E-state index >= 15 is 0 Å². The first-order valence-electron chi connectivity index (χ1n) is 4.77. The van der Waals surface area contributed by atoms with E-state index in [0.717, 1.165) is 37.0 Å². The van der Waals surface area contributed by atoms with E-state index in [2.05, 4.69) is 0 Å². The maximum absolute atomic E-state index is 11.6. The highest BCUT2D eigenvalue weighted by molar-refractivity contribution is 8.00. The minimum Gasteiger partial charge on any atom is -0.384 e. The lowest BCUT2D eigenvalue weighted by Gasteiger charge is -2.26. The largest absolute Gasteiger partial charge is 0.384 e. The number of rotatable bonds is 5. The molecule has 1 amide bonds. The van der Waals surface area contributed by atoms with Crippen LogP contribution in [0.25, 0.3) is 0 Å². The number of hydrogen-bond donors (Lipinski definition) is 0. The highest BCUT2D eigenvalue weighted by Crippen LogP contribution is 2.11. The van der Waals surface area contributed by atoms with Crippen molar-refractivity contribution >= 4 is 29.4 Å².